The first-order valence-electron chi connectivity index (χ1n) is 7.69. The van der Waals surface area contributed by atoms with E-state index in [4.69, 9.17) is 0 Å². The van der Waals surface area contributed by atoms with Crippen LogP contribution in [0.25, 0.3) is 0 Å². The Morgan fingerprint density at radius 2 is 1.47 bits per heavy atom. The van der Waals surface area contributed by atoms with Crippen molar-refractivity contribution in [2.24, 2.45) is 0 Å². The molecule has 0 aromatic carbocycles. The van der Waals surface area contributed by atoms with E-state index in [9.17, 15) is 0 Å². The summed E-state index contributed by atoms with van der Waals surface area (Å²) in [6, 6.07) is 2.71. The van der Waals surface area contributed by atoms with E-state index in [1.807, 2.05) is 18.5 Å². The standard InChI is InChI=1S/C15H24N4/c1-2-4-7-14(6-3-1)18-10-12-19(13-11-18)15-16-8-5-9-17-15/h5,8-9,14H,1-4,6-7,10-13H2. The van der Waals surface area contributed by atoms with Crippen LogP contribution in [0.2, 0.25) is 0 Å². The van der Waals surface area contributed by atoms with Crippen molar-refractivity contribution < 1.29 is 0 Å². The second kappa shape index (κ2) is 6.33. The van der Waals surface area contributed by atoms with Gasteiger partial charge in [-0.3, -0.25) is 4.90 Å². The van der Waals surface area contributed by atoms with Crippen molar-refractivity contribution in [1.29, 1.82) is 0 Å². The number of rotatable bonds is 2. The molecule has 1 saturated heterocycles. The van der Waals surface area contributed by atoms with E-state index in [-0.39, 0.29) is 0 Å². The van der Waals surface area contributed by atoms with Crippen LogP contribution in [0.15, 0.2) is 18.5 Å². The zero-order valence-corrected chi connectivity index (χ0v) is 11.7. The highest BCUT2D eigenvalue weighted by Gasteiger charge is 2.25. The fourth-order valence-corrected chi connectivity index (χ4v) is 3.36. The molecule has 1 aromatic rings. The summed E-state index contributed by atoms with van der Waals surface area (Å²) < 4.78 is 0. The van der Waals surface area contributed by atoms with Crippen LogP contribution in [0, 0.1) is 0 Å². The van der Waals surface area contributed by atoms with Gasteiger partial charge in [0.2, 0.25) is 5.95 Å². The molecule has 0 spiro atoms. The van der Waals surface area contributed by atoms with Gasteiger partial charge in [-0.2, -0.15) is 0 Å². The van der Waals surface area contributed by atoms with Gasteiger partial charge in [-0.15, -0.1) is 0 Å². The Kier molecular flexibility index (Phi) is 4.28. The molecule has 0 atom stereocenters. The lowest BCUT2D eigenvalue weighted by Crippen LogP contribution is -2.50. The number of nitrogens with zero attached hydrogens (tertiary/aromatic N) is 4. The summed E-state index contributed by atoms with van der Waals surface area (Å²) >= 11 is 0. The van der Waals surface area contributed by atoms with Crippen molar-refractivity contribution >= 4 is 5.95 Å². The molecule has 4 heteroatoms. The minimum absolute atomic E-state index is 0.835. The number of anilines is 1. The van der Waals surface area contributed by atoms with Crippen molar-refractivity contribution in [3.63, 3.8) is 0 Å². The Morgan fingerprint density at radius 1 is 0.842 bits per heavy atom. The number of aromatic nitrogens is 2. The lowest BCUT2D eigenvalue weighted by molar-refractivity contribution is 0.168. The van der Waals surface area contributed by atoms with Crippen LogP contribution >= 0.6 is 0 Å². The summed E-state index contributed by atoms with van der Waals surface area (Å²) in [5.41, 5.74) is 0. The fraction of sp³-hybridized carbons (Fsp3) is 0.733. The van der Waals surface area contributed by atoms with Crippen molar-refractivity contribution in [1.82, 2.24) is 14.9 Å². The van der Waals surface area contributed by atoms with Gasteiger partial charge < -0.3 is 4.90 Å². The number of hydrogen-bond donors (Lipinski definition) is 0. The monoisotopic (exact) mass is 260 g/mol. The Bertz CT molecular complexity index is 365. The van der Waals surface area contributed by atoms with Gasteiger partial charge in [0.15, 0.2) is 0 Å². The van der Waals surface area contributed by atoms with Crippen LogP contribution in [0.4, 0.5) is 5.95 Å². The predicted molar refractivity (Wildman–Crippen MR) is 77.3 cm³/mol. The van der Waals surface area contributed by atoms with Gasteiger partial charge in [-0.1, -0.05) is 25.7 Å². The molecule has 0 radical (unpaired) electrons. The second-order valence-electron chi connectivity index (χ2n) is 5.72. The summed E-state index contributed by atoms with van der Waals surface area (Å²) in [6.45, 7) is 4.48. The maximum Gasteiger partial charge on any atom is 0.225 e. The molecule has 104 valence electrons. The first-order valence-corrected chi connectivity index (χ1v) is 7.69. The maximum absolute atomic E-state index is 4.35. The van der Waals surface area contributed by atoms with Gasteiger partial charge in [0, 0.05) is 44.6 Å². The van der Waals surface area contributed by atoms with E-state index in [0.29, 0.717) is 0 Å². The van der Waals surface area contributed by atoms with E-state index < -0.39 is 0 Å². The number of piperazine rings is 1. The fourth-order valence-electron chi connectivity index (χ4n) is 3.36. The summed E-state index contributed by atoms with van der Waals surface area (Å²) in [5.74, 6) is 0.892. The molecule has 2 heterocycles. The third kappa shape index (κ3) is 3.24. The zero-order chi connectivity index (χ0) is 12.9. The molecule has 2 fully saturated rings. The summed E-state index contributed by atoms with van der Waals surface area (Å²) in [7, 11) is 0. The van der Waals surface area contributed by atoms with Crippen molar-refractivity contribution in [2.45, 2.75) is 44.6 Å². The SMILES string of the molecule is c1cnc(N2CCN(C3CCCCCC3)CC2)nc1. The Labute approximate surface area is 115 Å². The summed E-state index contributed by atoms with van der Waals surface area (Å²) in [5, 5.41) is 0. The molecule has 1 aliphatic heterocycles. The van der Waals surface area contributed by atoms with E-state index in [0.717, 1.165) is 25.1 Å². The van der Waals surface area contributed by atoms with Crippen LogP contribution in [0.5, 0.6) is 0 Å². The number of hydrogen-bond acceptors (Lipinski definition) is 4. The highest BCUT2D eigenvalue weighted by molar-refractivity contribution is 5.29. The molecule has 4 nitrogen and oxygen atoms in total. The molecule has 1 aromatic heterocycles. The lowest BCUT2D eigenvalue weighted by Gasteiger charge is -2.39. The van der Waals surface area contributed by atoms with Gasteiger partial charge in [0.05, 0.1) is 0 Å². The summed E-state index contributed by atoms with van der Waals surface area (Å²) in [4.78, 5) is 13.7. The first-order chi connectivity index (χ1) is 9.43. The molecule has 1 aliphatic carbocycles. The minimum Gasteiger partial charge on any atom is -0.338 e. The summed E-state index contributed by atoms with van der Waals surface area (Å²) in [6.07, 6.45) is 12.2. The van der Waals surface area contributed by atoms with Crippen LogP contribution in [0.3, 0.4) is 0 Å². The quantitative estimate of drug-likeness (QED) is 0.764. The molecule has 2 aliphatic rings. The molecular weight excluding hydrogens is 236 g/mol. The van der Waals surface area contributed by atoms with Crippen LogP contribution in [-0.4, -0.2) is 47.1 Å². The van der Waals surface area contributed by atoms with Gasteiger partial charge in [-0.25, -0.2) is 9.97 Å². The molecule has 0 bridgehead atoms. The first kappa shape index (κ1) is 12.9. The van der Waals surface area contributed by atoms with E-state index in [1.54, 1.807) is 0 Å². The third-order valence-electron chi connectivity index (χ3n) is 4.49. The Hall–Kier alpha value is -1.16. The molecular formula is C15H24N4. The van der Waals surface area contributed by atoms with E-state index >= 15 is 0 Å². The molecule has 1 saturated carbocycles. The van der Waals surface area contributed by atoms with Crippen LogP contribution in [-0.2, 0) is 0 Å². The lowest BCUT2D eigenvalue weighted by atomic mass is 10.1. The maximum atomic E-state index is 4.35. The minimum atomic E-state index is 0.835. The van der Waals surface area contributed by atoms with Crippen LogP contribution < -0.4 is 4.90 Å². The Morgan fingerprint density at radius 3 is 2.11 bits per heavy atom. The molecule has 3 rings (SSSR count). The van der Waals surface area contributed by atoms with Gasteiger partial charge in [-0.05, 0) is 18.9 Å². The molecule has 0 unspecified atom stereocenters. The normalized spacial score (nSPS) is 23.3. The average Bonchev–Trinajstić information content (AvgIpc) is 2.77. The van der Waals surface area contributed by atoms with Gasteiger partial charge in [0.25, 0.3) is 0 Å². The van der Waals surface area contributed by atoms with Crippen molar-refractivity contribution in [3.05, 3.63) is 18.5 Å². The van der Waals surface area contributed by atoms with E-state index in [1.165, 1.54) is 51.6 Å². The Balaban J connectivity index is 1.54. The largest absolute Gasteiger partial charge is 0.338 e. The molecule has 0 N–H and O–H groups in total. The zero-order valence-electron chi connectivity index (χ0n) is 11.7. The smallest absolute Gasteiger partial charge is 0.225 e. The third-order valence-corrected chi connectivity index (χ3v) is 4.49. The van der Waals surface area contributed by atoms with E-state index in [2.05, 4.69) is 19.8 Å². The van der Waals surface area contributed by atoms with Gasteiger partial charge >= 0.3 is 0 Å². The topological polar surface area (TPSA) is 32.3 Å². The molecule has 19 heavy (non-hydrogen) atoms. The second-order valence-corrected chi connectivity index (χ2v) is 5.72. The van der Waals surface area contributed by atoms with Crippen molar-refractivity contribution in [2.75, 3.05) is 31.1 Å². The van der Waals surface area contributed by atoms with Crippen molar-refractivity contribution in [3.8, 4) is 0 Å². The predicted octanol–water partition coefficient (Wildman–Crippen LogP) is 2.32. The highest BCUT2D eigenvalue weighted by Crippen LogP contribution is 2.23. The molecule has 0 amide bonds. The van der Waals surface area contributed by atoms with Crippen LogP contribution in [0.1, 0.15) is 38.5 Å². The highest BCUT2D eigenvalue weighted by atomic mass is 15.3. The average molecular weight is 260 g/mol. The van der Waals surface area contributed by atoms with Gasteiger partial charge in [0.1, 0.15) is 0 Å².